The zero-order chi connectivity index (χ0) is 21.5. The third-order valence-electron chi connectivity index (χ3n) is 4.23. The minimum Gasteiger partial charge on any atom is -0.504 e. The van der Waals surface area contributed by atoms with Gasteiger partial charge in [-0.15, -0.1) is 0 Å². The van der Waals surface area contributed by atoms with Gasteiger partial charge in [0.2, 0.25) is 0 Å². The fourth-order valence-electron chi connectivity index (χ4n) is 2.68. The summed E-state index contributed by atoms with van der Waals surface area (Å²) in [6.07, 6.45) is 7.33. The lowest BCUT2D eigenvalue weighted by molar-refractivity contribution is 0.373. The highest BCUT2D eigenvalue weighted by Gasteiger charge is 2.04. The number of phenols is 2. The van der Waals surface area contributed by atoms with Gasteiger partial charge in [-0.25, -0.2) is 0 Å². The van der Waals surface area contributed by atoms with Gasteiger partial charge in [-0.2, -0.15) is 9.97 Å². The van der Waals surface area contributed by atoms with Crippen molar-refractivity contribution >= 4 is 24.3 Å². The van der Waals surface area contributed by atoms with E-state index in [-0.39, 0.29) is 17.5 Å². The van der Waals surface area contributed by atoms with Gasteiger partial charge in [-0.3, -0.25) is 0 Å². The molecule has 2 N–H and O–H groups in total. The molecule has 0 bridgehead atoms. The maximum atomic E-state index is 9.71. The first-order chi connectivity index (χ1) is 14.5. The van der Waals surface area contributed by atoms with E-state index in [1.165, 1.54) is 21.3 Å². The Morgan fingerprint density at radius 1 is 0.633 bits per heavy atom. The lowest BCUT2D eigenvalue weighted by atomic mass is 10.1. The first-order valence-electron chi connectivity index (χ1n) is 9.05. The second kappa shape index (κ2) is 9.47. The summed E-state index contributed by atoms with van der Waals surface area (Å²) in [5.41, 5.74) is 2.99. The lowest BCUT2D eigenvalue weighted by Crippen LogP contribution is -1.96. The van der Waals surface area contributed by atoms with E-state index in [0.717, 1.165) is 11.1 Å². The SMILES string of the molecule is COc1nc(/C=C/c2ccc(O)c(OC)c2)cc(/C=C/c2ccc(O)c(OC)c2)n1. The monoisotopic (exact) mass is 406 g/mol. The molecule has 0 aliphatic rings. The molecule has 30 heavy (non-hydrogen) atoms. The average Bonchev–Trinajstić information content (AvgIpc) is 2.77. The van der Waals surface area contributed by atoms with Crippen LogP contribution in [0.15, 0.2) is 42.5 Å². The summed E-state index contributed by atoms with van der Waals surface area (Å²) in [5, 5.41) is 19.4. The highest BCUT2D eigenvalue weighted by Crippen LogP contribution is 2.28. The molecule has 0 saturated carbocycles. The summed E-state index contributed by atoms with van der Waals surface area (Å²) in [4.78, 5) is 8.67. The highest BCUT2D eigenvalue weighted by atomic mass is 16.5. The molecule has 7 nitrogen and oxygen atoms in total. The second-order valence-electron chi connectivity index (χ2n) is 6.23. The molecule has 7 heteroatoms. The first-order valence-corrected chi connectivity index (χ1v) is 9.05. The number of hydrogen-bond acceptors (Lipinski definition) is 7. The number of benzene rings is 2. The standard InChI is InChI=1S/C23H22N2O5/c1-28-21-12-15(6-10-19(21)26)4-8-17-14-18(25-23(24-17)30-3)9-5-16-7-11-20(27)22(13-16)29-2/h4-14,26-27H,1-3H3/b8-4+,9-5+. The van der Waals surface area contributed by atoms with Crippen molar-refractivity contribution in [1.82, 2.24) is 9.97 Å². The average molecular weight is 406 g/mol. The number of rotatable bonds is 7. The summed E-state index contributed by atoms with van der Waals surface area (Å²) in [6, 6.07) is 12.2. The van der Waals surface area contributed by atoms with Crippen LogP contribution in [0.4, 0.5) is 0 Å². The third-order valence-corrected chi connectivity index (χ3v) is 4.23. The normalized spacial score (nSPS) is 11.2. The van der Waals surface area contributed by atoms with Crippen molar-refractivity contribution < 1.29 is 24.4 Å². The molecule has 2 aromatic carbocycles. The summed E-state index contributed by atoms with van der Waals surface area (Å²) in [6.45, 7) is 0. The molecule has 0 spiro atoms. The number of ether oxygens (including phenoxy) is 3. The van der Waals surface area contributed by atoms with Gasteiger partial charge in [0.15, 0.2) is 23.0 Å². The van der Waals surface area contributed by atoms with Crippen molar-refractivity contribution in [3.8, 4) is 29.0 Å². The van der Waals surface area contributed by atoms with Crippen molar-refractivity contribution in [2.24, 2.45) is 0 Å². The fourth-order valence-corrected chi connectivity index (χ4v) is 2.68. The van der Waals surface area contributed by atoms with Crippen molar-refractivity contribution in [3.63, 3.8) is 0 Å². The van der Waals surface area contributed by atoms with Gasteiger partial charge >= 0.3 is 6.01 Å². The van der Waals surface area contributed by atoms with Crippen molar-refractivity contribution in [3.05, 3.63) is 65.0 Å². The molecule has 154 valence electrons. The van der Waals surface area contributed by atoms with Crippen molar-refractivity contribution in [2.45, 2.75) is 0 Å². The maximum Gasteiger partial charge on any atom is 0.317 e. The Morgan fingerprint density at radius 2 is 1.10 bits per heavy atom. The van der Waals surface area contributed by atoms with E-state index in [9.17, 15) is 10.2 Å². The van der Waals surface area contributed by atoms with E-state index in [1.54, 1.807) is 36.4 Å². The molecule has 0 unspecified atom stereocenters. The number of hydrogen-bond donors (Lipinski definition) is 2. The van der Waals surface area contributed by atoms with Gasteiger partial charge in [0.05, 0.1) is 32.7 Å². The molecular formula is C23H22N2O5. The van der Waals surface area contributed by atoms with Crippen LogP contribution in [0.1, 0.15) is 22.5 Å². The molecule has 3 aromatic rings. The first kappa shape index (κ1) is 20.7. The van der Waals surface area contributed by atoms with Gasteiger partial charge in [0, 0.05) is 0 Å². The van der Waals surface area contributed by atoms with Crippen LogP contribution in [0, 0.1) is 0 Å². The molecule has 0 amide bonds. The van der Waals surface area contributed by atoms with E-state index in [2.05, 4.69) is 9.97 Å². The molecule has 0 saturated heterocycles. The van der Waals surface area contributed by atoms with Crippen LogP contribution in [0.5, 0.6) is 29.0 Å². The van der Waals surface area contributed by atoms with Crippen molar-refractivity contribution in [1.29, 1.82) is 0 Å². The van der Waals surface area contributed by atoms with Gasteiger partial charge in [-0.1, -0.05) is 24.3 Å². The number of aromatic nitrogens is 2. The van der Waals surface area contributed by atoms with E-state index in [1.807, 2.05) is 30.4 Å². The summed E-state index contributed by atoms with van der Waals surface area (Å²) in [5.74, 6) is 0.948. The highest BCUT2D eigenvalue weighted by molar-refractivity contribution is 5.73. The predicted octanol–water partition coefficient (Wildman–Crippen LogP) is 4.25. The fraction of sp³-hybridized carbons (Fsp3) is 0.130. The number of nitrogens with zero attached hydrogens (tertiary/aromatic N) is 2. The number of phenolic OH excluding ortho intramolecular Hbond substituents is 2. The Kier molecular flexibility index (Phi) is 6.54. The number of methoxy groups -OCH3 is 3. The largest absolute Gasteiger partial charge is 0.504 e. The summed E-state index contributed by atoms with van der Waals surface area (Å²) in [7, 11) is 4.51. The van der Waals surface area contributed by atoms with Crippen LogP contribution in [0.25, 0.3) is 24.3 Å². The topological polar surface area (TPSA) is 93.9 Å². The smallest absolute Gasteiger partial charge is 0.317 e. The van der Waals surface area contributed by atoms with E-state index >= 15 is 0 Å². The molecule has 0 aliphatic heterocycles. The van der Waals surface area contributed by atoms with E-state index in [0.29, 0.717) is 22.9 Å². The van der Waals surface area contributed by atoms with E-state index in [4.69, 9.17) is 14.2 Å². The molecule has 0 fully saturated rings. The van der Waals surface area contributed by atoms with Crippen LogP contribution in [-0.4, -0.2) is 41.5 Å². The Bertz CT molecular complexity index is 1010. The minimum absolute atomic E-state index is 0.0802. The minimum atomic E-state index is 0.0802. The molecule has 0 radical (unpaired) electrons. The Labute approximate surface area is 174 Å². The van der Waals surface area contributed by atoms with Gasteiger partial charge in [0.1, 0.15) is 0 Å². The summed E-state index contributed by atoms with van der Waals surface area (Å²) >= 11 is 0. The molecule has 0 atom stereocenters. The predicted molar refractivity (Wildman–Crippen MR) is 116 cm³/mol. The van der Waals surface area contributed by atoms with Crippen LogP contribution >= 0.6 is 0 Å². The molecule has 0 aliphatic carbocycles. The van der Waals surface area contributed by atoms with Crippen LogP contribution in [0.3, 0.4) is 0 Å². The van der Waals surface area contributed by atoms with E-state index < -0.39 is 0 Å². The van der Waals surface area contributed by atoms with Gasteiger partial charge < -0.3 is 24.4 Å². The molecule has 1 aromatic heterocycles. The number of aromatic hydroxyl groups is 2. The van der Waals surface area contributed by atoms with Crippen molar-refractivity contribution in [2.75, 3.05) is 21.3 Å². The Balaban J connectivity index is 1.86. The zero-order valence-electron chi connectivity index (χ0n) is 16.9. The Hall–Kier alpha value is -4.00. The zero-order valence-corrected chi connectivity index (χ0v) is 16.9. The molecule has 3 rings (SSSR count). The van der Waals surface area contributed by atoms with Crippen LogP contribution < -0.4 is 14.2 Å². The Morgan fingerprint density at radius 3 is 1.50 bits per heavy atom. The quantitative estimate of drug-likeness (QED) is 0.606. The maximum absolute atomic E-state index is 9.71. The van der Waals surface area contributed by atoms with Gasteiger partial charge in [0.25, 0.3) is 0 Å². The van der Waals surface area contributed by atoms with Crippen LogP contribution in [0.2, 0.25) is 0 Å². The lowest BCUT2D eigenvalue weighted by Gasteiger charge is -2.05. The van der Waals surface area contributed by atoms with Gasteiger partial charge in [-0.05, 0) is 53.6 Å². The second-order valence-corrected chi connectivity index (χ2v) is 6.23. The summed E-state index contributed by atoms with van der Waals surface area (Å²) < 4.78 is 15.5. The molecule has 1 heterocycles. The van der Waals surface area contributed by atoms with Crippen LogP contribution in [-0.2, 0) is 0 Å². The molecular weight excluding hydrogens is 384 g/mol. The third kappa shape index (κ3) is 5.08.